The number of thioether (sulfide) groups is 1. The predicted octanol–water partition coefficient (Wildman–Crippen LogP) is 4.42. The Kier molecular flexibility index (Phi) is 5.14. The molecule has 0 N–H and O–H groups in total. The van der Waals surface area contributed by atoms with Crippen molar-refractivity contribution < 1.29 is 18.0 Å². The third-order valence-corrected chi connectivity index (χ3v) is 5.35. The molecule has 1 amide bonds. The first-order valence-corrected chi connectivity index (χ1v) is 8.71. The Labute approximate surface area is 142 Å². The molecule has 1 aliphatic rings. The van der Waals surface area contributed by atoms with E-state index in [0.29, 0.717) is 36.9 Å². The van der Waals surface area contributed by atoms with Crippen LogP contribution in [0.2, 0.25) is 0 Å². The molecule has 24 heavy (non-hydrogen) atoms. The van der Waals surface area contributed by atoms with Crippen molar-refractivity contribution in [2.24, 2.45) is 0 Å². The lowest BCUT2D eigenvalue weighted by atomic mass is 10.1. The van der Waals surface area contributed by atoms with Crippen molar-refractivity contribution in [2.75, 3.05) is 18.8 Å². The normalized spacial score (nSPS) is 18.3. The molecule has 2 nitrogen and oxygen atoms in total. The van der Waals surface area contributed by atoms with Crippen LogP contribution in [-0.2, 0) is 0 Å². The van der Waals surface area contributed by atoms with Gasteiger partial charge in [0.15, 0.2) is 0 Å². The van der Waals surface area contributed by atoms with Crippen molar-refractivity contribution >= 4 is 17.7 Å². The van der Waals surface area contributed by atoms with Crippen LogP contribution in [0.1, 0.15) is 27.6 Å². The summed E-state index contributed by atoms with van der Waals surface area (Å²) in [6, 6.07) is 9.57. The largest absolute Gasteiger partial charge is 0.338 e. The molecule has 3 rings (SSSR count). The highest BCUT2D eigenvalue weighted by molar-refractivity contribution is 7.99. The molecule has 1 heterocycles. The van der Waals surface area contributed by atoms with Crippen LogP contribution in [-0.4, -0.2) is 29.6 Å². The van der Waals surface area contributed by atoms with Crippen LogP contribution in [0.25, 0.3) is 0 Å². The van der Waals surface area contributed by atoms with Gasteiger partial charge in [-0.15, -0.1) is 0 Å². The summed E-state index contributed by atoms with van der Waals surface area (Å²) >= 11 is 1.59. The summed E-state index contributed by atoms with van der Waals surface area (Å²) in [6.07, 6.45) is 0.583. The monoisotopic (exact) mass is 351 g/mol. The standard InChI is InChI=1S/C18H16F3NOS/c19-12-5-6-14(16(21)11-12)18(23)22-8-7-17(24-10-9-22)13-3-1-2-4-15(13)20/h1-6,11,17H,7-10H2. The summed E-state index contributed by atoms with van der Waals surface area (Å²) in [5, 5.41) is -0.0398. The Hall–Kier alpha value is -1.95. The van der Waals surface area contributed by atoms with E-state index in [-0.39, 0.29) is 16.6 Å². The molecule has 126 valence electrons. The Bertz CT molecular complexity index is 753. The Morgan fingerprint density at radius 2 is 1.83 bits per heavy atom. The fourth-order valence-corrected chi connectivity index (χ4v) is 4.04. The summed E-state index contributed by atoms with van der Waals surface area (Å²) < 4.78 is 40.7. The van der Waals surface area contributed by atoms with Crippen molar-refractivity contribution in [2.45, 2.75) is 11.7 Å². The second kappa shape index (κ2) is 7.30. The number of carbonyl (C=O) groups excluding carboxylic acids is 1. The van der Waals surface area contributed by atoms with E-state index in [2.05, 4.69) is 0 Å². The highest BCUT2D eigenvalue weighted by Crippen LogP contribution is 2.35. The number of benzene rings is 2. The summed E-state index contributed by atoms with van der Waals surface area (Å²) in [6.45, 7) is 0.854. The van der Waals surface area contributed by atoms with E-state index in [1.807, 2.05) is 0 Å². The number of amides is 1. The van der Waals surface area contributed by atoms with Crippen LogP contribution in [0, 0.1) is 17.5 Å². The molecule has 0 aromatic heterocycles. The quantitative estimate of drug-likeness (QED) is 0.798. The topological polar surface area (TPSA) is 20.3 Å². The van der Waals surface area contributed by atoms with Crippen molar-refractivity contribution in [3.05, 3.63) is 71.0 Å². The van der Waals surface area contributed by atoms with Crippen molar-refractivity contribution in [3.63, 3.8) is 0 Å². The zero-order valence-electron chi connectivity index (χ0n) is 12.8. The molecule has 2 aromatic carbocycles. The molecule has 1 fully saturated rings. The van der Waals surface area contributed by atoms with Gasteiger partial charge in [0.1, 0.15) is 17.5 Å². The van der Waals surface area contributed by atoms with Gasteiger partial charge in [0.2, 0.25) is 0 Å². The summed E-state index contributed by atoms with van der Waals surface area (Å²) in [7, 11) is 0. The Morgan fingerprint density at radius 3 is 2.58 bits per heavy atom. The van der Waals surface area contributed by atoms with Crippen molar-refractivity contribution in [3.8, 4) is 0 Å². The van der Waals surface area contributed by atoms with Gasteiger partial charge in [0.05, 0.1) is 5.56 Å². The predicted molar refractivity (Wildman–Crippen MR) is 88.5 cm³/mol. The minimum Gasteiger partial charge on any atom is -0.338 e. The Morgan fingerprint density at radius 1 is 1.04 bits per heavy atom. The zero-order chi connectivity index (χ0) is 17.1. The minimum absolute atomic E-state index is 0.0398. The summed E-state index contributed by atoms with van der Waals surface area (Å²) in [4.78, 5) is 14.0. The molecule has 0 aliphatic carbocycles. The average Bonchev–Trinajstić information content (AvgIpc) is 2.81. The van der Waals surface area contributed by atoms with E-state index in [1.165, 1.54) is 12.1 Å². The summed E-state index contributed by atoms with van der Waals surface area (Å²) in [5.41, 5.74) is 0.496. The maximum Gasteiger partial charge on any atom is 0.256 e. The fraction of sp³-hybridized carbons (Fsp3) is 0.278. The van der Waals surface area contributed by atoms with Crippen LogP contribution in [0.4, 0.5) is 13.2 Å². The highest BCUT2D eigenvalue weighted by atomic mass is 32.2. The number of rotatable bonds is 2. The lowest BCUT2D eigenvalue weighted by Gasteiger charge is -2.20. The molecule has 1 unspecified atom stereocenters. The van der Waals surface area contributed by atoms with Crippen molar-refractivity contribution in [1.29, 1.82) is 0 Å². The van der Waals surface area contributed by atoms with E-state index >= 15 is 0 Å². The van der Waals surface area contributed by atoms with E-state index in [9.17, 15) is 18.0 Å². The number of carbonyl (C=O) groups is 1. The molecular weight excluding hydrogens is 335 g/mol. The number of hydrogen-bond acceptors (Lipinski definition) is 2. The molecule has 6 heteroatoms. The van der Waals surface area contributed by atoms with Crippen molar-refractivity contribution in [1.82, 2.24) is 4.90 Å². The van der Waals surface area contributed by atoms with Gasteiger partial charge < -0.3 is 4.90 Å². The molecular formula is C18H16F3NOS. The first kappa shape index (κ1) is 16.9. The smallest absolute Gasteiger partial charge is 0.256 e. The molecule has 0 bridgehead atoms. The van der Waals surface area contributed by atoms with Crippen LogP contribution < -0.4 is 0 Å². The first-order chi connectivity index (χ1) is 11.6. The molecule has 0 spiro atoms. The number of nitrogens with zero attached hydrogens (tertiary/aromatic N) is 1. The van der Waals surface area contributed by atoms with Crippen LogP contribution in [0.15, 0.2) is 42.5 Å². The zero-order valence-corrected chi connectivity index (χ0v) is 13.7. The van der Waals surface area contributed by atoms with Gasteiger partial charge in [-0.3, -0.25) is 4.79 Å². The molecule has 0 radical (unpaired) electrons. The molecule has 0 saturated carbocycles. The Balaban J connectivity index is 1.73. The van der Waals surface area contributed by atoms with Gasteiger partial charge in [0.25, 0.3) is 5.91 Å². The molecule has 1 saturated heterocycles. The third kappa shape index (κ3) is 3.59. The number of halogens is 3. The van der Waals surface area contributed by atoms with Gasteiger partial charge in [-0.05, 0) is 24.6 Å². The van der Waals surface area contributed by atoms with Crippen LogP contribution >= 0.6 is 11.8 Å². The van der Waals surface area contributed by atoms with E-state index in [1.54, 1.807) is 34.9 Å². The fourth-order valence-electron chi connectivity index (χ4n) is 2.79. The lowest BCUT2D eigenvalue weighted by Crippen LogP contribution is -2.33. The highest BCUT2D eigenvalue weighted by Gasteiger charge is 2.25. The lowest BCUT2D eigenvalue weighted by molar-refractivity contribution is 0.0762. The van der Waals surface area contributed by atoms with E-state index < -0.39 is 17.5 Å². The minimum atomic E-state index is -0.859. The number of hydrogen-bond donors (Lipinski definition) is 0. The van der Waals surface area contributed by atoms with Gasteiger partial charge in [-0.2, -0.15) is 11.8 Å². The second-order valence-corrected chi connectivity index (χ2v) is 6.90. The van der Waals surface area contributed by atoms with E-state index in [4.69, 9.17) is 0 Å². The van der Waals surface area contributed by atoms with Crippen LogP contribution in [0.5, 0.6) is 0 Å². The first-order valence-electron chi connectivity index (χ1n) is 7.66. The maximum absolute atomic E-state index is 13.9. The third-order valence-electron chi connectivity index (χ3n) is 4.04. The SMILES string of the molecule is O=C(c1ccc(F)cc1F)N1CCSC(c2ccccc2F)CC1. The van der Waals surface area contributed by atoms with Crippen LogP contribution in [0.3, 0.4) is 0 Å². The second-order valence-electron chi connectivity index (χ2n) is 5.59. The van der Waals surface area contributed by atoms with Gasteiger partial charge >= 0.3 is 0 Å². The van der Waals surface area contributed by atoms with E-state index in [0.717, 1.165) is 6.07 Å². The van der Waals surface area contributed by atoms with Gasteiger partial charge in [-0.1, -0.05) is 18.2 Å². The average molecular weight is 351 g/mol. The van der Waals surface area contributed by atoms with Gasteiger partial charge in [-0.25, -0.2) is 13.2 Å². The molecule has 2 aromatic rings. The molecule has 1 aliphatic heterocycles. The summed E-state index contributed by atoms with van der Waals surface area (Å²) in [5.74, 6) is -1.65. The maximum atomic E-state index is 13.9. The van der Waals surface area contributed by atoms with Gasteiger partial charge in [0, 0.05) is 35.7 Å². The molecule has 1 atom stereocenters.